The van der Waals surface area contributed by atoms with E-state index in [1.165, 1.54) is 31.2 Å². The van der Waals surface area contributed by atoms with Crippen LogP contribution in [0.3, 0.4) is 0 Å². The van der Waals surface area contributed by atoms with Crippen molar-refractivity contribution in [3.8, 4) is 0 Å². The molecule has 0 spiro atoms. The van der Waals surface area contributed by atoms with E-state index in [0.29, 0.717) is 4.83 Å². The molecule has 0 saturated carbocycles. The third-order valence-electron chi connectivity index (χ3n) is 2.24. The van der Waals surface area contributed by atoms with Gasteiger partial charge in [-0.25, -0.2) is 0 Å². The molecule has 14 heavy (non-hydrogen) atoms. The van der Waals surface area contributed by atoms with E-state index in [2.05, 4.69) is 62.2 Å². The second-order valence-corrected chi connectivity index (χ2v) is 5.43. The molecule has 0 bridgehead atoms. The van der Waals surface area contributed by atoms with Crippen LogP contribution in [0, 0.1) is 0 Å². The van der Waals surface area contributed by atoms with Gasteiger partial charge < -0.3 is 0 Å². The molecule has 1 aromatic carbocycles. The van der Waals surface area contributed by atoms with Crippen LogP contribution in [-0.4, -0.2) is 10.2 Å². The summed E-state index contributed by atoms with van der Waals surface area (Å²) >= 11 is 7.08. The second-order valence-electron chi connectivity index (χ2n) is 3.48. The van der Waals surface area contributed by atoms with Crippen LogP contribution in [0.4, 0.5) is 0 Å². The highest BCUT2D eigenvalue weighted by atomic mass is 79.9. The third kappa shape index (κ3) is 5.16. The van der Waals surface area contributed by atoms with Gasteiger partial charge in [0.15, 0.2) is 0 Å². The van der Waals surface area contributed by atoms with Crippen molar-refractivity contribution in [2.75, 3.05) is 5.33 Å². The smallest absolute Gasteiger partial charge is 0.0242 e. The number of rotatable bonds is 6. The summed E-state index contributed by atoms with van der Waals surface area (Å²) in [5.74, 6) is 0. The molecule has 0 heterocycles. The lowest BCUT2D eigenvalue weighted by Gasteiger charge is -2.05. The molecule has 0 aliphatic carbocycles. The van der Waals surface area contributed by atoms with Gasteiger partial charge in [0.1, 0.15) is 0 Å². The molecule has 0 aliphatic heterocycles. The van der Waals surface area contributed by atoms with Crippen LogP contribution in [0.5, 0.6) is 0 Å². The predicted molar refractivity (Wildman–Crippen MR) is 70.5 cm³/mol. The number of benzene rings is 1. The van der Waals surface area contributed by atoms with Crippen molar-refractivity contribution in [1.29, 1.82) is 0 Å². The summed E-state index contributed by atoms with van der Waals surface area (Å²) in [6, 6.07) is 10.7. The van der Waals surface area contributed by atoms with Crippen LogP contribution in [0.25, 0.3) is 0 Å². The number of halogens is 2. The van der Waals surface area contributed by atoms with Crippen molar-refractivity contribution >= 4 is 31.9 Å². The molecule has 1 unspecified atom stereocenters. The molecule has 0 aromatic heterocycles. The van der Waals surface area contributed by atoms with E-state index < -0.39 is 0 Å². The zero-order valence-electron chi connectivity index (χ0n) is 8.26. The van der Waals surface area contributed by atoms with Gasteiger partial charge >= 0.3 is 0 Å². The Morgan fingerprint density at radius 3 is 2.43 bits per heavy atom. The first-order chi connectivity index (χ1) is 6.83. The molecule has 0 saturated heterocycles. The summed E-state index contributed by atoms with van der Waals surface area (Å²) in [5, 5.41) is 1.05. The van der Waals surface area contributed by atoms with Crippen molar-refractivity contribution in [2.45, 2.75) is 30.5 Å². The summed E-state index contributed by atoms with van der Waals surface area (Å²) < 4.78 is 0. The van der Waals surface area contributed by atoms with Gasteiger partial charge in [-0.1, -0.05) is 68.6 Å². The van der Waals surface area contributed by atoms with Gasteiger partial charge in [-0.2, -0.15) is 0 Å². The molecule has 1 atom stereocenters. The first-order valence-corrected chi connectivity index (χ1v) is 7.10. The molecule has 78 valence electrons. The van der Waals surface area contributed by atoms with E-state index in [0.717, 1.165) is 5.33 Å². The van der Waals surface area contributed by atoms with Crippen molar-refractivity contribution in [1.82, 2.24) is 0 Å². The molecule has 2 heteroatoms. The second kappa shape index (κ2) is 7.47. The van der Waals surface area contributed by atoms with Gasteiger partial charge in [0.2, 0.25) is 0 Å². The fourth-order valence-corrected chi connectivity index (χ4v) is 2.06. The Morgan fingerprint density at radius 2 is 1.79 bits per heavy atom. The summed E-state index contributed by atoms with van der Waals surface area (Å²) in [6.45, 7) is 0. The van der Waals surface area contributed by atoms with Gasteiger partial charge in [-0.05, 0) is 24.8 Å². The van der Waals surface area contributed by atoms with Crippen molar-refractivity contribution in [2.24, 2.45) is 0 Å². The van der Waals surface area contributed by atoms with Crippen molar-refractivity contribution < 1.29 is 0 Å². The fourth-order valence-electron chi connectivity index (χ4n) is 1.42. The average molecular weight is 320 g/mol. The zero-order chi connectivity index (χ0) is 10.2. The SMILES string of the molecule is BrCC(Br)CCCCc1ccccc1. The van der Waals surface area contributed by atoms with E-state index in [4.69, 9.17) is 0 Å². The van der Waals surface area contributed by atoms with Crippen LogP contribution in [-0.2, 0) is 6.42 Å². The topological polar surface area (TPSA) is 0 Å². The van der Waals surface area contributed by atoms with Gasteiger partial charge in [0, 0.05) is 10.2 Å². The monoisotopic (exact) mass is 318 g/mol. The lowest BCUT2D eigenvalue weighted by atomic mass is 10.1. The number of hydrogen-bond donors (Lipinski definition) is 0. The average Bonchev–Trinajstić information content (AvgIpc) is 2.25. The Kier molecular flexibility index (Phi) is 6.54. The van der Waals surface area contributed by atoms with Gasteiger partial charge in [-0.3, -0.25) is 0 Å². The fraction of sp³-hybridized carbons (Fsp3) is 0.500. The van der Waals surface area contributed by atoms with Gasteiger partial charge in [-0.15, -0.1) is 0 Å². The lowest BCUT2D eigenvalue weighted by molar-refractivity contribution is 0.684. The quantitative estimate of drug-likeness (QED) is 0.532. The molecule has 0 aliphatic rings. The molecular weight excluding hydrogens is 304 g/mol. The molecule has 0 radical (unpaired) electrons. The van der Waals surface area contributed by atoms with E-state index in [9.17, 15) is 0 Å². The van der Waals surface area contributed by atoms with E-state index in [1.54, 1.807) is 0 Å². The molecule has 0 nitrogen and oxygen atoms in total. The minimum atomic E-state index is 0.637. The largest absolute Gasteiger partial charge is 0.0916 e. The van der Waals surface area contributed by atoms with Crippen LogP contribution >= 0.6 is 31.9 Å². The van der Waals surface area contributed by atoms with E-state index in [1.807, 2.05) is 0 Å². The number of alkyl halides is 2. The van der Waals surface area contributed by atoms with Gasteiger partial charge in [0.05, 0.1) is 0 Å². The first kappa shape index (κ1) is 12.3. The zero-order valence-corrected chi connectivity index (χ0v) is 11.4. The Morgan fingerprint density at radius 1 is 1.07 bits per heavy atom. The molecule has 0 amide bonds. The van der Waals surface area contributed by atoms with Gasteiger partial charge in [0.25, 0.3) is 0 Å². The number of unbranched alkanes of at least 4 members (excludes halogenated alkanes) is 1. The highest BCUT2D eigenvalue weighted by Gasteiger charge is 2.00. The van der Waals surface area contributed by atoms with Crippen LogP contribution < -0.4 is 0 Å². The van der Waals surface area contributed by atoms with E-state index in [-0.39, 0.29) is 0 Å². The lowest BCUT2D eigenvalue weighted by Crippen LogP contribution is -1.98. The molecule has 0 N–H and O–H groups in total. The minimum Gasteiger partial charge on any atom is -0.0916 e. The highest BCUT2D eigenvalue weighted by molar-refractivity contribution is 9.12. The first-order valence-electron chi connectivity index (χ1n) is 5.07. The Labute approximate surface area is 103 Å². The summed E-state index contributed by atoms with van der Waals surface area (Å²) in [7, 11) is 0. The normalized spacial score (nSPS) is 12.7. The summed E-state index contributed by atoms with van der Waals surface area (Å²) in [6.07, 6.45) is 5.07. The Bertz CT molecular complexity index is 233. The predicted octanol–water partition coefficient (Wildman–Crippen LogP) is 4.56. The maximum Gasteiger partial charge on any atom is 0.0242 e. The molecular formula is C12H16Br2. The third-order valence-corrected chi connectivity index (χ3v) is 4.68. The van der Waals surface area contributed by atoms with Crippen LogP contribution in [0.2, 0.25) is 0 Å². The van der Waals surface area contributed by atoms with Crippen LogP contribution in [0.1, 0.15) is 24.8 Å². The Balaban J connectivity index is 2.10. The minimum absolute atomic E-state index is 0.637. The van der Waals surface area contributed by atoms with Crippen LogP contribution in [0.15, 0.2) is 30.3 Å². The molecule has 1 rings (SSSR count). The molecule has 0 fully saturated rings. The maximum atomic E-state index is 3.62. The summed E-state index contributed by atoms with van der Waals surface area (Å²) in [4.78, 5) is 0.637. The standard InChI is InChI=1S/C12H16Br2/c13-10-12(14)9-5-4-8-11-6-2-1-3-7-11/h1-3,6-7,12H,4-5,8-10H2. The molecule has 1 aromatic rings. The van der Waals surface area contributed by atoms with Crippen molar-refractivity contribution in [3.63, 3.8) is 0 Å². The van der Waals surface area contributed by atoms with E-state index >= 15 is 0 Å². The number of aryl methyl sites for hydroxylation is 1. The Hall–Kier alpha value is 0.180. The summed E-state index contributed by atoms with van der Waals surface area (Å²) in [5.41, 5.74) is 1.46. The number of hydrogen-bond acceptors (Lipinski definition) is 0. The van der Waals surface area contributed by atoms with Crippen molar-refractivity contribution in [3.05, 3.63) is 35.9 Å². The highest BCUT2D eigenvalue weighted by Crippen LogP contribution is 2.14. The maximum absolute atomic E-state index is 3.62.